The Morgan fingerprint density at radius 1 is 0.926 bits per heavy atom. The summed E-state index contributed by atoms with van der Waals surface area (Å²) in [7, 11) is 2.95. The van der Waals surface area contributed by atoms with Crippen molar-refractivity contribution in [1.29, 1.82) is 0 Å². The number of anilines is 2. The molecule has 142 valence electrons. The Morgan fingerprint density at radius 2 is 1.63 bits per heavy atom. The number of amides is 2. The minimum atomic E-state index is -1.26. The van der Waals surface area contributed by atoms with Crippen LogP contribution in [-0.4, -0.2) is 26.0 Å². The molecule has 2 amide bonds. The van der Waals surface area contributed by atoms with Gasteiger partial charge in [0, 0.05) is 17.8 Å². The maximum absolute atomic E-state index is 13.3. The molecule has 1 fully saturated rings. The number of rotatable bonds is 6. The van der Waals surface area contributed by atoms with Crippen LogP contribution in [0.15, 0.2) is 36.4 Å². The second kappa shape index (κ2) is 7.22. The number of nitrogens with one attached hydrogen (secondary N) is 2. The molecular formula is C19H18F2N2O4. The minimum absolute atomic E-state index is 0.0805. The molecule has 0 atom stereocenters. The van der Waals surface area contributed by atoms with Gasteiger partial charge in [0.05, 0.1) is 19.9 Å². The Morgan fingerprint density at radius 3 is 2.22 bits per heavy atom. The fourth-order valence-corrected chi connectivity index (χ4v) is 2.66. The van der Waals surface area contributed by atoms with E-state index in [0.29, 0.717) is 30.0 Å². The lowest BCUT2D eigenvalue weighted by atomic mass is 10.0. The van der Waals surface area contributed by atoms with Crippen LogP contribution in [0.1, 0.15) is 12.8 Å². The molecule has 1 saturated carbocycles. The Kier molecular flexibility index (Phi) is 4.98. The van der Waals surface area contributed by atoms with E-state index in [4.69, 9.17) is 9.47 Å². The predicted octanol–water partition coefficient (Wildman–Crippen LogP) is 3.34. The van der Waals surface area contributed by atoms with Gasteiger partial charge in [-0.05, 0) is 37.1 Å². The number of ether oxygens (including phenoxy) is 2. The molecule has 0 heterocycles. The van der Waals surface area contributed by atoms with Gasteiger partial charge in [0.25, 0.3) is 0 Å². The first-order valence-electron chi connectivity index (χ1n) is 8.19. The van der Waals surface area contributed by atoms with E-state index in [9.17, 15) is 18.4 Å². The molecule has 0 saturated heterocycles. The number of hydrogen-bond donors (Lipinski definition) is 2. The first kappa shape index (κ1) is 18.6. The Bertz CT molecular complexity index is 897. The van der Waals surface area contributed by atoms with Crippen LogP contribution in [0.2, 0.25) is 0 Å². The van der Waals surface area contributed by atoms with Gasteiger partial charge in [-0.25, -0.2) is 8.78 Å². The summed E-state index contributed by atoms with van der Waals surface area (Å²) in [6.45, 7) is 0. The maximum Gasteiger partial charge on any atom is 0.240 e. The summed E-state index contributed by atoms with van der Waals surface area (Å²) >= 11 is 0. The quantitative estimate of drug-likeness (QED) is 0.758. The summed E-state index contributed by atoms with van der Waals surface area (Å²) < 4.78 is 36.7. The zero-order valence-corrected chi connectivity index (χ0v) is 14.8. The van der Waals surface area contributed by atoms with Crippen molar-refractivity contribution >= 4 is 23.2 Å². The molecule has 1 aliphatic carbocycles. The van der Waals surface area contributed by atoms with E-state index in [-0.39, 0.29) is 5.69 Å². The average molecular weight is 376 g/mol. The molecule has 0 unspecified atom stereocenters. The van der Waals surface area contributed by atoms with Crippen molar-refractivity contribution in [2.24, 2.45) is 5.41 Å². The van der Waals surface area contributed by atoms with Gasteiger partial charge in [-0.15, -0.1) is 0 Å². The van der Waals surface area contributed by atoms with Crippen LogP contribution >= 0.6 is 0 Å². The first-order valence-corrected chi connectivity index (χ1v) is 8.19. The molecule has 2 N–H and O–H groups in total. The normalized spacial score (nSPS) is 14.2. The van der Waals surface area contributed by atoms with Gasteiger partial charge in [-0.3, -0.25) is 9.59 Å². The number of hydrogen-bond acceptors (Lipinski definition) is 4. The summed E-state index contributed by atoms with van der Waals surface area (Å²) in [5.41, 5.74) is -0.815. The number of carbonyl (C=O) groups excluding carboxylic acids is 2. The molecule has 0 bridgehead atoms. The SMILES string of the molecule is COc1ccc(OC)c(NC(=O)C2(C(=O)Nc3ccc(F)c(F)c3)CC2)c1. The van der Waals surface area contributed by atoms with Gasteiger partial charge in [0.1, 0.15) is 16.9 Å². The number of halogens is 2. The first-order chi connectivity index (χ1) is 12.9. The van der Waals surface area contributed by atoms with Crippen LogP contribution in [0.4, 0.5) is 20.2 Å². The van der Waals surface area contributed by atoms with E-state index in [1.54, 1.807) is 18.2 Å². The molecule has 0 aliphatic heterocycles. The highest BCUT2D eigenvalue weighted by Gasteiger charge is 2.56. The van der Waals surface area contributed by atoms with Crippen molar-refractivity contribution in [3.8, 4) is 11.5 Å². The predicted molar refractivity (Wildman–Crippen MR) is 94.8 cm³/mol. The lowest BCUT2D eigenvalue weighted by Crippen LogP contribution is -2.35. The minimum Gasteiger partial charge on any atom is -0.497 e. The van der Waals surface area contributed by atoms with Gasteiger partial charge >= 0.3 is 0 Å². The summed E-state index contributed by atoms with van der Waals surface area (Å²) in [6.07, 6.45) is 0.696. The third-order valence-electron chi connectivity index (χ3n) is 4.45. The van der Waals surface area contributed by atoms with Crippen LogP contribution < -0.4 is 20.1 Å². The summed E-state index contributed by atoms with van der Waals surface area (Å²) in [5, 5.41) is 5.16. The smallest absolute Gasteiger partial charge is 0.240 e. The monoisotopic (exact) mass is 376 g/mol. The molecule has 0 radical (unpaired) electrons. The van der Waals surface area contributed by atoms with Crippen LogP contribution in [0.3, 0.4) is 0 Å². The molecule has 6 nitrogen and oxygen atoms in total. The van der Waals surface area contributed by atoms with Gasteiger partial charge in [-0.1, -0.05) is 0 Å². The van der Waals surface area contributed by atoms with Crippen LogP contribution in [0.25, 0.3) is 0 Å². The molecule has 27 heavy (non-hydrogen) atoms. The van der Waals surface area contributed by atoms with E-state index < -0.39 is 28.9 Å². The molecule has 1 aliphatic rings. The standard InChI is InChI=1S/C19H18F2N2O4/c1-26-12-4-6-16(27-2)15(10-12)23-18(25)19(7-8-19)17(24)22-11-3-5-13(20)14(21)9-11/h3-6,9-10H,7-8H2,1-2H3,(H,22,24)(H,23,25). The Balaban J connectivity index is 1.76. The lowest BCUT2D eigenvalue weighted by Gasteiger charge is -2.17. The average Bonchev–Trinajstić information content (AvgIpc) is 3.47. The van der Waals surface area contributed by atoms with Crippen molar-refractivity contribution in [1.82, 2.24) is 0 Å². The third-order valence-corrected chi connectivity index (χ3v) is 4.45. The van der Waals surface area contributed by atoms with E-state index in [2.05, 4.69) is 10.6 Å². The van der Waals surface area contributed by atoms with Gasteiger partial charge < -0.3 is 20.1 Å². The molecular weight excluding hydrogens is 358 g/mol. The number of carbonyl (C=O) groups is 2. The molecule has 3 rings (SSSR count). The maximum atomic E-state index is 13.3. The largest absolute Gasteiger partial charge is 0.497 e. The summed E-state index contributed by atoms with van der Waals surface area (Å²) in [4.78, 5) is 25.3. The summed E-state index contributed by atoms with van der Waals surface area (Å²) in [6, 6.07) is 7.90. The molecule has 8 heteroatoms. The highest BCUT2D eigenvalue weighted by molar-refractivity contribution is 6.17. The van der Waals surface area contributed by atoms with E-state index in [1.807, 2.05) is 0 Å². The topological polar surface area (TPSA) is 76.7 Å². The number of methoxy groups -OCH3 is 2. The molecule has 0 aromatic heterocycles. The molecule has 2 aromatic rings. The van der Waals surface area contributed by atoms with Crippen molar-refractivity contribution in [2.75, 3.05) is 24.9 Å². The molecule has 2 aromatic carbocycles. The van der Waals surface area contributed by atoms with Crippen molar-refractivity contribution in [2.45, 2.75) is 12.8 Å². The van der Waals surface area contributed by atoms with Crippen LogP contribution in [0, 0.1) is 17.0 Å². The Hall–Kier alpha value is -3.16. The third kappa shape index (κ3) is 3.69. The highest BCUT2D eigenvalue weighted by Crippen LogP contribution is 2.48. The Labute approximate surface area is 154 Å². The number of benzene rings is 2. The van der Waals surface area contributed by atoms with Gasteiger partial charge in [-0.2, -0.15) is 0 Å². The lowest BCUT2D eigenvalue weighted by molar-refractivity contribution is -0.131. The van der Waals surface area contributed by atoms with Crippen molar-refractivity contribution in [3.05, 3.63) is 48.0 Å². The van der Waals surface area contributed by atoms with Gasteiger partial charge in [0.2, 0.25) is 11.8 Å². The van der Waals surface area contributed by atoms with Gasteiger partial charge in [0.15, 0.2) is 11.6 Å². The fourth-order valence-electron chi connectivity index (χ4n) is 2.66. The fraction of sp³-hybridized carbons (Fsp3) is 0.263. The second-order valence-electron chi connectivity index (χ2n) is 6.19. The zero-order valence-electron chi connectivity index (χ0n) is 14.8. The molecule has 0 spiro atoms. The summed E-state index contributed by atoms with van der Waals surface area (Å²) in [5.74, 6) is -2.25. The highest BCUT2D eigenvalue weighted by atomic mass is 19.2. The zero-order chi connectivity index (χ0) is 19.6. The second-order valence-corrected chi connectivity index (χ2v) is 6.19. The van der Waals surface area contributed by atoms with Crippen LogP contribution in [-0.2, 0) is 9.59 Å². The van der Waals surface area contributed by atoms with E-state index in [0.717, 1.165) is 12.1 Å². The van der Waals surface area contributed by atoms with Crippen molar-refractivity contribution < 1.29 is 27.8 Å². The van der Waals surface area contributed by atoms with Crippen LogP contribution in [0.5, 0.6) is 11.5 Å². The van der Waals surface area contributed by atoms with E-state index >= 15 is 0 Å². The van der Waals surface area contributed by atoms with Crippen molar-refractivity contribution in [3.63, 3.8) is 0 Å². The van der Waals surface area contributed by atoms with E-state index in [1.165, 1.54) is 20.3 Å².